The highest BCUT2D eigenvalue weighted by Crippen LogP contribution is 2.24. The second-order valence-corrected chi connectivity index (χ2v) is 6.30. The minimum absolute atomic E-state index is 0.130. The van der Waals surface area contributed by atoms with Crippen molar-refractivity contribution in [1.29, 1.82) is 0 Å². The SMILES string of the molecule is [B]c1cn(CC)c2cnc(NC3Cc4ccccc4C3)cc2c1=O. The lowest BCUT2D eigenvalue weighted by Crippen LogP contribution is -2.28. The summed E-state index contributed by atoms with van der Waals surface area (Å²) in [4.78, 5) is 16.9. The summed E-state index contributed by atoms with van der Waals surface area (Å²) >= 11 is 0. The molecule has 5 heteroatoms. The van der Waals surface area contributed by atoms with Gasteiger partial charge in [-0.3, -0.25) is 4.79 Å². The topological polar surface area (TPSA) is 46.9 Å². The van der Waals surface area contributed by atoms with Crippen LogP contribution in [0.25, 0.3) is 10.9 Å². The minimum Gasteiger partial charge on any atom is -0.367 e. The number of hydrogen-bond donors (Lipinski definition) is 1. The van der Waals surface area contributed by atoms with E-state index in [1.165, 1.54) is 11.1 Å². The maximum Gasteiger partial charge on any atom is 0.182 e. The van der Waals surface area contributed by atoms with E-state index >= 15 is 0 Å². The number of hydrogen-bond acceptors (Lipinski definition) is 3. The van der Waals surface area contributed by atoms with Gasteiger partial charge in [-0.1, -0.05) is 24.3 Å². The van der Waals surface area contributed by atoms with Crippen molar-refractivity contribution < 1.29 is 0 Å². The molecule has 0 amide bonds. The van der Waals surface area contributed by atoms with E-state index in [4.69, 9.17) is 7.85 Å². The first kappa shape index (κ1) is 15.0. The van der Waals surface area contributed by atoms with Crippen LogP contribution in [0.1, 0.15) is 18.1 Å². The highest BCUT2D eigenvalue weighted by molar-refractivity contribution is 6.32. The Bertz CT molecular complexity index is 955. The van der Waals surface area contributed by atoms with Crippen molar-refractivity contribution in [3.8, 4) is 0 Å². The fourth-order valence-electron chi connectivity index (χ4n) is 3.52. The third kappa shape index (κ3) is 2.50. The smallest absolute Gasteiger partial charge is 0.182 e. The summed E-state index contributed by atoms with van der Waals surface area (Å²) in [5.74, 6) is 0.727. The molecule has 24 heavy (non-hydrogen) atoms. The average Bonchev–Trinajstić information content (AvgIpc) is 3.00. The van der Waals surface area contributed by atoms with Gasteiger partial charge in [0.2, 0.25) is 0 Å². The predicted octanol–water partition coefficient (Wildman–Crippen LogP) is 1.79. The number of aryl methyl sites for hydroxylation is 1. The molecule has 0 unspecified atom stereocenters. The lowest BCUT2D eigenvalue weighted by molar-refractivity contribution is 0.767. The Morgan fingerprint density at radius 3 is 2.67 bits per heavy atom. The van der Waals surface area contributed by atoms with Crippen LogP contribution in [0.2, 0.25) is 0 Å². The molecule has 1 aliphatic carbocycles. The van der Waals surface area contributed by atoms with Gasteiger partial charge in [0.15, 0.2) is 5.43 Å². The Hall–Kier alpha value is -2.56. The molecule has 1 aliphatic rings. The van der Waals surface area contributed by atoms with Crippen LogP contribution in [-0.4, -0.2) is 23.4 Å². The van der Waals surface area contributed by atoms with E-state index in [2.05, 4.69) is 34.6 Å². The largest absolute Gasteiger partial charge is 0.367 e. The second kappa shape index (κ2) is 5.82. The molecule has 2 radical (unpaired) electrons. The number of pyridine rings is 2. The maximum absolute atomic E-state index is 12.4. The van der Waals surface area contributed by atoms with E-state index in [1.807, 2.05) is 17.6 Å². The number of fused-ring (bicyclic) bond motifs is 2. The fourth-order valence-corrected chi connectivity index (χ4v) is 3.52. The van der Waals surface area contributed by atoms with Crippen molar-refractivity contribution >= 4 is 30.0 Å². The molecule has 1 N–H and O–H groups in total. The number of anilines is 1. The zero-order chi connectivity index (χ0) is 16.7. The van der Waals surface area contributed by atoms with E-state index in [1.54, 1.807) is 12.4 Å². The van der Waals surface area contributed by atoms with Crippen molar-refractivity contribution in [3.63, 3.8) is 0 Å². The third-order valence-corrected chi connectivity index (χ3v) is 4.74. The summed E-state index contributed by atoms with van der Waals surface area (Å²) in [7, 11) is 5.86. The van der Waals surface area contributed by atoms with Crippen LogP contribution in [-0.2, 0) is 19.4 Å². The van der Waals surface area contributed by atoms with Crippen molar-refractivity contribution in [2.45, 2.75) is 32.4 Å². The van der Waals surface area contributed by atoms with Crippen LogP contribution in [0.3, 0.4) is 0 Å². The molecule has 0 saturated carbocycles. The molecule has 1 aromatic carbocycles. The van der Waals surface area contributed by atoms with E-state index in [0.717, 1.165) is 30.7 Å². The highest BCUT2D eigenvalue weighted by Gasteiger charge is 2.21. The van der Waals surface area contributed by atoms with Gasteiger partial charge >= 0.3 is 0 Å². The van der Waals surface area contributed by atoms with Crippen LogP contribution >= 0.6 is 0 Å². The molecule has 0 atom stereocenters. The lowest BCUT2D eigenvalue weighted by atomic mass is 9.96. The van der Waals surface area contributed by atoms with Gasteiger partial charge in [0, 0.05) is 18.8 Å². The maximum atomic E-state index is 12.4. The van der Waals surface area contributed by atoms with Crippen LogP contribution in [0.4, 0.5) is 5.82 Å². The van der Waals surface area contributed by atoms with Crippen molar-refractivity contribution in [1.82, 2.24) is 9.55 Å². The molecule has 4 rings (SSSR count). The van der Waals surface area contributed by atoms with Crippen LogP contribution in [0, 0.1) is 0 Å². The van der Waals surface area contributed by atoms with Gasteiger partial charge in [0.25, 0.3) is 0 Å². The van der Waals surface area contributed by atoms with Crippen molar-refractivity contribution in [2.75, 3.05) is 5.32 Å². The van der Waals surface area contributed by atoms with E-state index in [0.29, 0.717) is 11.4 Å². The van der Waals surface area contributed by atoms with Gasteiger partial charge in [0.05, 0.1) is 17.1 Å². The lowest BCUT2D eigenvalue weighted by Gasteiger charge is -2.15. The average molecular weight is 315 g/mol. The zero-order valence-electron chi connectivity index (χ0n) is 13.6. The highest BCUT2D eigenvalue weighted by atomic mass is 16.1. The third-order valence-electron chi connectivity index (χ3n) is 4.74. The Morgan fingerprint density at radius 1 is 1.29 bits per heavy atom. The molecule has 4 nitrogen and oxygen atoms in total. The number of aromatic nitrogens is 2. The Labute approximate surface area is 142 Å². The predicted molar refractivity (Wildman–Crippen MR) is 98.3 cm³/mol. The molecule has 118 valence electrons. The number of benzene rings is 1. The summed E-state index contributed by atoms with van der Waals surface area (Å²) in [5.41, 5.74) is 3.73. The number of nitrogens with one attached hydrogen (secondary N) is 1. The summed E-state index contributed by atoms with van der Waals surface area (Å²) in [6, 6.07) is 10.6. The van der Waals surface area contributed by atoms with Gasteiger partial charge in [-0.15, -0.1) is 0 Å². The van der Waals surface area contributed by atoms with Gasteiger partial charge in [0.1, 0.15) is 13.7 Å². The quantitative estimate of drug-likeness (QED) is 0.750. The molecule has 0 bridgehead atoms. The zero-order valence-corrected chi connectivity index (χ0v) is 13.6. The van der Waals surface area contributed by atoms with Gasteiger partial charge in [-0.25, -0.2) is 4.98 Å². The first-order valence-corrected chi connectivity index (χ1v) is 8.27. The second-order valence-electron chi connectivity index (χ2n) is 6.30. The molecule has 2 aromatic heterocycles. The van der Waals surface area contributed by atoms with Crippen LogP contribution < -0.4 is 16.2 Å². The number of nitrogens with zero attached hydrogens (tertiary/aromatic N) is 2. The van der Waals surface area contributed by atoms with E-state index in [-0.39, 0.29) is 10.9 Å². The van der Waals surface area contributed by atoms with Crippen molar-refractivity contribution in [2.24, 2.45) is 0 Å². The Morgan fingerprint density at radius 2 is 2.00 bits per heavy atom. The Kier molecular flexibility index (Phi) is 3.64. The van der Waals surface area contributed by atoms with Crippen molar-refractivity contribution in [3.05, 3.63) is 64.1 Å². The molecule has 0 aliphatic heterocycles. The van der Waals surface area contributed by atoms with Gasteiger partial charge in [-0.05, 0) is 42.4 Å². The van der Waals surface area contributed by atoms with Crippen LogP contribution in [0.15, 0.2) is 47.5 Å². The molecule has 0 spiro atoms. The normalized spacial score (nSPS) is 14.0. The molecule has 2 heterocycles. The van der Waals surface area contributed by atoms with Gasteiger partial charge in [-0.2, -0.15) is 0 Å². The summed E-state index contributed by atoms with van der Waals surface area (Å²) in [6.07, 6.45) is 5.40. The standard InChI is InChI=1S/C19H18BN3O/c1-2-23-11-16(20)19(24)15-9-18(21-10-17(15)23)22-14-7-12-5-3-4-6-13(12)8-14/h3-6,9-11,14H,2,7-8H2,1H3,(H,21,22). The number of rotatable bonds is 3. The Balaban J connectivity index is 1.67. The summed E-state index contributed by atoms with van der Waals surface area (Å²) in [6.45, 7) is 2.76. The first-order valence-electron chi connectivity index (χ1n) is 8.27. The molecule has 3 aromatic rings. The van der Waals surface area contributed by atoms with E-state index in [9.17, 15) is 4.79 Å². The molecular formula is C19H18BN3O. The fraction of sp³-hybridized carbons (Fsp3) is 0.263. The van der Waals surface area contributed by atoms with E-state index < -0.39 is 0 Å². The monoisotopic (exact) mass is 315 g/mol. The molecule has 0 saturated heterocycles. The first-order chi connectivity index (χ1) is 11.7. The molecule has 0 fully saturated rings. The summed E-state index contributed by atoms with van der Waals surface area (Å²) < 4.78 is 1.95. The molecular weight excluding hydrogens is 297 g/mol. The van der Waals surface area contributed by atoms with Gasteiger partial charge < -0.3 is 9.88 Å². The summed E-state index contributed by atoms with van der Waals surface area (Å²) in [5, 5.41) is 4.08. The minimum atomic E-state index is -0.130. The van der Waals surface area contributed by atoms with Crippen LogP contribution in [0.5, 0.6) is 0 Å².